The van der Waals surface area contributed by atoms with Gasteiger partial charge in [0, 0.05) is 19.3 Å². The van der Waals surface area contributed by atoms with Crippen molar-refractivity contribution in [1.29, 1.82) is 0 Å². The van der Waals surface area contributed by atoms with Gasteiger partial charge in [-0.15, -0.1) is 0 Å². The molecule has 0 aliphatic carbocycles. The van der Waals surface area contributed by atoms with Crippen LogP contribution in [0.4, 0.5) is 9.59 Å². The largest absolute Gasteiger partial charge is 0.513 e. The van der Waals surface area contributed by atoms with Gasteiger partial charge in [-0.2, -0.15) is 0 Å². The molecule has 0 bridgehead atoms. The summed E-state index contributed by atoms with van der Waals surface area (Å²) in [6, 6.07) is 4.25. The van der Waals surface area contributed by atoms with Gasteiger partial charge in [0.15, 0.2) is 11.5 Å². The summed E-state index contributed by atoms with van der Waals surface area (Å²) in [4.78, 5) is 47.2. The van der Waals surface area contributed by atoms with Crippen LogP contribution in [0.15, 0.2) is 18.2 Å². The lowest BCUT2D eigenvalue weighted by Crippen LogP contribution is -2.51. The molecule has 0 aromatic heterocycles. The summed E-state index contributed by atoms with van der Waals surface area (Å²) in [6.07, 6.45) is -1.89. The zero-order valence-corrected chi connectivity index (χ0v) is 18.6. The van der Waals surface area contributed by atoms with Gasteiger partial charge in [0.25, 0.3) is 0 Å². The molecule has 0 spiro atoms. The summed E-state index contributed by atoms with van der Waals surface area (Å²) in [5.74, 6) is -1.39. The van der Waals surface area contributed by atoms with Crippen molar-refractivity contribution in [3.8, 4) is 11.5 Å². The third-order valence-electron chi connectivity index (χ3n) is 4.13. The number of hydrogen-bond donors (Lipinski definition) is 1. The van der Waals surface area contributed by atoms with Crippen LogP contribution in [0.3, 0.4) is 0 Å². The number of rotatable bonds is 11. The third kappa shape index (κ3) is 8.42. The smallest absolute Gasteiger partial charge is 0.468 e. The van der Waals surface area contributed by atoms with Gasteiger partial charge < -0.3 is 34.2 Å². The van der Waals surface area contributed by atoms with Gasteiger partial charge in [0.05, 0.1) is 26.9 Å². The quantitative estimate of drug-likeness (QED) is 0.298. The van der Waals surface area contributed by atoms with E-state index in [9.17, 15) is 19.2 Å². The maximum absolute atomic E-state index is 12.3. The van der Waals surface area contributed by atoms with Crippen LogP contribution in [0.2, 0.25) is 0 Å². The summed E-state index contributed by atoms with van der Waals surface area (Å²) >= 11 is 0. The second kappa shape index (κ2) is 13.2. The Kier molecular flexibility index (Phi) is 11.0. The van der Waals surface area contributed by atoms with Crippen LogP contribution in [-0.2, 0) is 35.0 Å². The molecule has 1 atom stereocenters. The summed E-state index contributed by atoms with van der Waals surface area (Å²) in [5.41, 5.74) is 5.19. The van der Waals surface area contributed by atoms with E-state index in [1.54, 1.807) is 20.8 Å². The molecular weight excluding hydrogens is 426 g/mol. The van der Waals surface area contributed by atoms with Gasteiger partial charge in [-0.25, -0.2) is 9.59 Å². The highest BCUT2D eigenvalue weighted by atomic mass is 16.7. The van der Waals surface area contributed by atoms with E-state index in [0.29, 0.717) is 5.56 Å². The first-order valence-corrected chi connectivity index (χ1v) is 10.0. The van der Waals surface area contributed by atoms with Crippen molar-refractivity contribution >= 4 is 24.2 Å². The van der Waals surface area contributed by atoms with E-state index in [0.717, 1.165) is 0 Å². The van der Waals surface area contributed by atoms with Crippen molar-refractivity contribution < 1.29 is 47.6 Å². The van der Waals surface area contributed by atoms with Crippen LogP contribution in [0.5, 0.6) is 11.5 Å². The van der Waals surface area contributed by atoms with Gasteiger partial charge >= 0.3 is 24.2 Å². The van der Waals surface area contributed by atoms with Crippen LogP contribution < -0.4 is 15.2 Å². The number of ether oxygens (including phenoxy) is 6. The fourth-order valence-electron chi connectivity index (χ4n) is 2.58. The molecule has 1 aromatic carbocycles. The molecule has 0 radical (unpaired) electrons. The van der Waals surface area contributed by atoms with Crippen LogP contribution >= 0.6 is 0 Å². The summed E-state index contributed by atoms with van der Waals surface area (Å²) < 4.78 is 29.5. The molecule has 178 valence electrons. The normalized spacial score (nSPS) is 12.2. The lowest BCUT2D eigenvalue weighted by molar-refractivity contribution is -0.151. The molecule has 1 rings (SSSR count). The molecule has 0 amide bonds. The summed E-state index contributed by atoms with van der Waals surface area (Å²) in [6.45, 7) is 4.90. The Balaban J connectivity index is 3.15. The van der Waals surface area contributed by atoms with Gasteiger partial charge in [-0.3, -0.25) is 9.59 Å². The fourth-order valence-corrected chi connectivity index (χ4v) is 2.58. The van der Waals surface area contributed by atoms with E-state index in [1.807, 2.05) is 0 Å². The average Bonchev–Trinajstić information content (AvgIpc) is 2.75. The average molecular weight is 455 g/mol. The second-order valence-corrected chi connectivity index (χ2v) is 6.50. The molecule has 1 aromatic rings. The van der Waals surface area contributed by atoms with E-state index >= 15 is 0 Å². The number of benzene rings is 1. The van der Waals surface area contributed by atoms with Crippen molar-refractivity contribution in [2.24, 2.45) is 5.73 Å². The molecule has 32 heavy (non-hydrogen) atoms. The van der Waals surface area contributed by atoms with E-state index < -0.39 is 29.8 Å². The number of esters is 2. The standard InChI is InChI=1S/C21H29NO10/c1-5-17(23)30-11-10-21(22,18(24)27-4)13-14-8-9-15(31-19(25)28-6-2)16(12-14)32-20(26)29-7-3/h8-9,12H,5-7,10-11,13,22H2,1-4H3/t21-/m1/s1. The maximum atomic E-state index is 12.3. The monoisotopic (exact) mass is 455 g/mol. The summed E-state index contributed by atoms with van der Waals surface area (Å²) in [7, 11) is 1.19. The van der Waals surface area contributed by atoms with E-state index in [2.05, 4.69) is 0 Å². The van der Waals surface area contributed by atoms with Gasteiger partial charge in [-0.05, 0) is 31.5 Å². The topological polar surface area (TPSA) is 150 Å². The van der Waals surface area contributed by atoms with Crippen molar-refractivity contribution in [3.63, 3.8) is 0 Å². The Hall–Kier alpha value is -3.34. The van der Waals surface area contributed by atoms with Gasteiger partial charge in [0.2, 0.25) is 0 Å². The number of carbonyl (C=O) groups excluding carboxylic acids is 4. The lowest BCUT2D eigenvalue weighted by Gasteiger charge is -2.26. The molecule has 2 N–H and O–H groups in total. The van der Waals surface area contributed by atoms with Crippen molar-refractivity contribution in [2.45, 2.75) is 45.6 Å². The number of nitrogens with two attached hydrogens (primary N) is 1. The first-order chi connectivity index (χ1) is 15.2. The molecule has 11 heteroatoms. The highest BCUT2D eigenvalue weighted by Crippen LogP contribution is 2.31. The minimum Gasteiger partial charge on any atom is -0.468 e. The first kappa shape index (κ1) is 26.7. The molecule has 0 saturated heterocycles. The Labute approximate surface area is 186 Å². The molecular formula is C21H29NO10. The summed E-state index contributed by atoms with van der Waals surface area (Å²) in [5, 5.41) is 0. The van der Waals surface area contributed by atoms with E-state index in [1.165, 1.54) is 25.3 Å². The Morgan fingerprint density at radius 3 is 2.03 bits per heavy atom. The first-order valence-electron chi connectivity index (χ1n) is 10.0. The molecule has 0 unspecified atom stereocenters. The van der Waals surface area contributed by atoms with E-state index in [-0.39, 0.29) is 50.6 Å². The number of carbonyl (C=O) groups is 4. The third-order valence-corrected chi connectivity index (χ3v) is 4.13. The van der Waals surface area contributed by atoms with Gasteiger partial charge in [0.1, 0.15) is 5.54 Å². The SMILES string of the molecule is CCOC(=O)Oc1ccc(C[C@](N)(CCOC(=O)CC)C(=O)OC)cc1OC(=O)OCC. The minimum absolute atomic E-state index is 0.0133. The predicted molar refractivity (Wildman–Crippen MR) is 110 cm³/mol. The molecule has 0 aliphatic heterocycles. The molecule has 0 saturated carbocycles. The highest BCUT2D eigenvalue weighted by Gasteiger charge is 2.36. The zero-order valence-electron chi connectivity index (χ0n) is 18.6. The van der Waals surface area contributed by atoms with Crippen LogP contribution in [0, 0.1) is 0 Å². The second-order valence-electron chi connectivity index (χ2n) is 6.50. The van der Waals surface area contributed by atoms with Crippen molar-refractivity contribution in [2.75, 3.05) is 26.9 Å². The Morgan fingerprint density at radius 2 is 1.50 bits per heavy atom. The minimum atomic E-state index is -1.53. The molecule has 0 fully saturated rings. The van der Waals surface area contributed by atoms with Crippen LogP contribution in [0.1, 0.15) is 39.2 Å². The van der Waals surface area contributed by atoms with Crippen LogP contribution in [0.25, 0.3) is 0 Å². The van der Waals surface area contributed by atoms with Crippen molar-refractivity contribution in [1.82, 2.24) is 0 Å². The van der Waals surface area contributed by atoms with Crippen LogP contribution in [-0.4, -0.2) is 56.7 Å². The van der Waals surface area contributed by atoms with Crippen molar-refractivity contribution in [3.05, 3.63) is 23.8 Å². The predicted octanol–water partition coefficient (Wildman–Crippen LogP) is 2.51. The lowest BCUT2D eigenvalue weighted by atomic mass is 9.88. The maximum Gasteiger partial charge on any atom is 0.513 e. The highest BCUT2D eigenvalue weighted by molar-refractivity contribution is 5.81. The Morgan fingerprint density at radius 1 is 0.906 bits per heavy atom. The Bertz CT molecular complexity index is 810. The molecule has 0 aliphatic rings. The number of methoxy groups -OCH3 is 1. The molecule has 0 heterocycles. The molecule has 11 nitrogen and oxygen atoms in total. The number of hydrogen-bond acceptors (Lipinski definition) is 11. The van der Waals surface area contributed by atoms with Gasteiger partial charge in [-0.1, -0.05) is 13.0 Å². The fraction of sp³-hybridized carbons (Fsp3) is 0.524. The van der Waals surface area contributed by atoms with E-state index in [4.69, 9.17) is 34.2 Å². The zero-order chi connectivity index (χ0) is 24.1.